The number of halogens is 1. The normalized spacial score (nSPS) is 13.8. The van der Waals surface area contributed by atoms with Gasteiger partial charge in [-0.1, -0.05) is 11.6 Å². The number of ether oxygens (including phenoxy) is 1. The standard InChI is InChI=1S/C11H12ClNO4/c1-11(9(14)15,10(16)17-2)6-7-3-4-13-8(12)5-7/h3-5H,6H2,1-2H3,(H,14,15). The average molecular weight is 258 g/mol. The Bertz CT molecular complexity index is 449. The van der Waals surface area contributed by atoms with Crippen molar-refractivity contribution >= 4 is 23.5 Å². The van der Waals surface area contributed by atoms with E-state index in [0.717, 1.165) is 7.11 Å². The number of esters is 1. The Morgan fingerprint density at radius 1 is 1.59 bits per heavy atom. The van der Waals surface area contributed by atoms with Crippen LogP contribution in [0, 0.1) is 5.41 Å². The van der Waals surface area contributed by atoms with E-state index >= 15 is 0 Å². The van der Waals surface area contributed by atoms with Gasteiger partial charge < -0.3 is 9.84 Å². The molecular formula is C11H12ClNO4. The van der Waals surface area contributed by atoms with Gasteiger partial charge in [0.15, 0.2) is 5.41 Å². The van der Waals surface area contributed by atoms with Crippen LogP contribution in [0.2, 0.25) is 5.15 Å². The summed E-state index contributed by atoms with van der Waals surface area (Å²) in [5, 5.41) is 9.37. The molecule has 1 N–H and O–H groups in total. The van der Waals surface area contributed by atoms with E-state index in [1.807, 2.05) is 0 Å². The van der Waals surface area contributed by atoms with Crippen LogP contribution in [0.1, 0.15) is 12.5 Å². The second kappa shape index (κ2) is 5.14. The first-order valence-electron chi connectivity index (χ1n) is 4.82. The molecule has 1 atom stereocenters. The highest BCUT2D eigenvalue weighted by Crippen LogP contribution is 2.25. The van der Waals surface area contributed by atoms with Gasteiger partial charge >= 0.3 is 11.9 Å². The van der Waals surface area contributed by atoms with Crippen LogP contribution in [0.5, 0.6) is 0 Å². The molecule has 0 radical (unpaired) electrons. The van der Waals surface area contributed by atoms with Crippen molar-refractivity contribution in [1.29, 1.82) is 0 Å². The number of methoxy groups -OCH3 is 1. The maximum atomic E-state index is 11.5. The monoisotopic (exact) mass is 257 g/mol. The fourth-order valence-electron chi connectivity index (χ4n) is 1.42. The molecule has 0 aliphatic rings. The molecular weight excluding hydrogens is 246 g/mol. The van der Waals surface area contributed by atoms with E-state index in [0.29, 0.717) is 5.56 Å². The number of rotatable bonds is 4. The molecule has 1 aromatic rings. The Balaban J connectivity index is 3.03. The number of aromatic nitrogens is 1. The van der Waals surface area contributed by atoms with Crippen molar-refractivity contribution < 1.29 is 19.4 Å². The maximum absolute atomic E-state index is 11.5. The van der Waals surface area contributed by atoms with Gasteiger partial charge in [-0.2, -0.15) is 0 Å². The molecule has 1 unspecified atom stereocenters. The second-order valence-electron chi connectivity index (χ2n) is 3.79. The van der Waals surface area contributed by atoms with Crippen molar-refractivity contribution in [3.8, 4) is 0 Å². The zero-order chi connectivity index (χ0) is 13.1. The van der Waals surface area contributed by atoms with Gasteiger partial charge in [-0.3, -0.25) is 9.59 Å². The minimum atomic E-state index is -1.63. The van der Waals surface area contributed by atoms with Crippen LogP contribution in [0.4, 0.5) is 0 Å². The van der Waals surface area contributed by atoms with E-state index in [2.05, 4.69) is 9.72 Å². The van der Waals surface area contributed by atoms with Crippen molar-refractivity contribution in [3.63, 3.8) is 0 Å². The van der Waals surface area contributed by atoms with E-state index in [4.69, 9.17) is 16.7 Å². The quantitative estimate of drug-likeness (QED) is 0.503. The fraction of sp³-hybridized carbons (Fsp3) is 0.364. The highest BCUT2D eigenvalue weighted by atomic mass is 35.5. The third kappa shape index (κ3) is 2.94. The van der Waals surface area contributed by atoms with Gasteiger partial charge in [0.25, 0.3) is 0 Å². The van der Waals surface area contributed by atoms with Crippen molar-refractivity contribution in [3.05, 3.63) is 29.0 Å². The first-order valence-corrected chi connectivity index (χ1v) is 5.20. The number of carboxylic acids is 1. The van der Waals surface area contributed by atoms with Gasteiger partial charge in [0.05, 0.1) is 7.11 Å². The smallest absolute Gasteiger partial charge is 0.323 e. The zero-order valence-corrected chi connectivity index (χ0v) is 10.2. The number of carbonyl (C=O) groups excluding carboxylic acids is 1. The van der Waals surface area contributed by atoms with Gasteiger partial charge in [-0.25, -0.2) is 4.98 Å². The van der Waals surface area contributed by atoms with Crippen LogP contribution >= 0.6 is 11.6 Å². The van der Waals surface area contributed by atoms with E-state index in [1.54, 1.807) is 6.07 Å². The molecule has 0 aromatic carbocycles. The Morgan fingerprint density at radius 2 is 2.24 bits per heavy atom. The Labute approximate surface area is 103 Å². The van der Waals surface area contributed by atoms with Crippen molar-refractivity contribution in [2.45, 2.75) is 13.3 Å². The van der Waals surface area contributed by atoms with Crippen molar-refractivity contribution in [1.82, 2.24) is 4.98 Å². The van der Waals surface area contributed by atoms with Gasteiger partial charge in [0.2, 0.25) is 0 Å². The Kier molecular flexibility index (Phi) is 4.07. The molecule has 6 heteroatoms. The number of hydrogen-bond donors (Lipinski definition) is 1. The van der Waals surface area contributed by atoms with Gasteiger partial charge in [0, 0.05) is 6.20 Å². The molecule has 92 valence electrons. The SMILES string of the molecule is COC(=O)C(C)(Cc1ccnc(Cl)c1)C(=O)O. The summed E-state index contributed by atoms with van der Waals surface area (Å²) in [6, 6.07) is 3.13. The highest BCUT2D eigenvalue weighted by molar-refractivity contribution is 6.29. The van der Waals surface area contributed by atoms with Crippen LogP contribution in [0.25, 0.3) is 0 Å². The molecule has 0 amide bonds. The number of carbonyl (C=O) groups is 2. The molecule has 0 saturated heterocycles. The first-order chi connectivity index (χ1) is 7.90. The predicted octanol–water partition coefficient (Wildman–Crippen LogP) is 1.54. The molecule has 1 rings (SSSR count). The lowest BCUT2D eigenvalue weighted by molar-refractivity contribution is -0.165. The summed E-state index contributed by atoms with van der Waals surface area (Å²) >= 11 is 5.69. The number of aliphatic carboxylic acids is 1. The zero-order valence-electron chi connectivity index (χ0n) is 9.44. The third-order valence-electron chi connectivity index (χ3n) is 2.46. The van der Waals surface area contributed by atoms with E-state index in [9.17, 15) is 9.59 Å². The van der Waals surface area contributed by atoms with E-state index in [-0.39, 0.29) is 11.6 Å². The molecule has 0 spiro atoms. The third-order valence-corrected chi connectivity index (χ3v) is 2.66. The lowest BCUT2D eigenvalue weighted by Gasteiger charge is -2.21. The minimum Gasteiger partial charge on any atom is -0.480 e. The lowest BCUT2D eigenvalue weighted by Crippen LogP contribution is -2.39. The lowest BCUT2D eigenvalue weighted by atomic mass is 9.84. The predicted molar refractivity (Wildman–Crippen MR) is 60.7 cm³/mol. The summed E-state index contributed by atoms with van der Waals surface area (Å²) in [6.07, 6.45) is 1.45. The van der Waals surface area contributed by atoms with Crippen molar-refractivity contribution in [2.24, 2.45) is 5.41 Å². The van der Waals surface area contributed by atoms with Crippen LogP contribution < -0.4 is 0 Å². The molecule has 1 heterocycles. The summed E-state index contributed by atoms with van der Waals surface area (Å²) in [6.45, 7) is 1.31. The average Bonchev–Trinajstić information content (AvgIpc) is 2.27. The Hall–Kier alpha value is -1.62. The number of carboxylic acid groups (broad SMARTS) is 1. The highest BCUT2D eigenvalue weighted by Gasteiger charge is 2.42. The molecule has 0 fully saturated rings. The largest absolute Gasteiger partial charge is 0.480 e. The summed E-state index contributed by atoms with van der Waals surface area (Å²) in [5.41, 5.74) is -1.01. The van der Waals surface area contributed by atoms with E-state index in [1.165, 1.54) is 19.2 Å². The molecule has 0 aliphatic carbocycles. The molecule has 0 saturated carbocycles. The van der Waals surface area contributed by atoms with Crippen LogP contribution in [-0.2, 0) is 20.7 Å². The molecule has 17 heavy (non-hydrogen) atoms. The topological polar surface area (TPSA) is 76.5 Å². The molecule has 5 nitrogen and oxygen atoms in total. The van der Waals surface area contributed by atoms with E-state index < -0.39 is 17.4 Å². The summed E-state index contributed by atoms with van der Waals surface area (Å²) in [7, 11) is 1.16. The number of hydrogen-bond acceptors (Lipinski definition) is 4. The second-order valence-corrected chi connectivity index (χ2v) is 4.18. The minimum absolute atomic E-state index is 0.00273. The molecule has 1 aromatic heterocycles. The fourth-order valence-corrected chi connectivity index (χ4v) is 1.62. The van der Waals surface area contributed by atoms with Crippen LogP contribution in [0.15, 0.2) is 18.3 Å². The Morgan fingerprint density at radius 3 is 2.71 bits per heavy atom. The number of pyridine rings is 1. The van der Waals surface area contributed by atoms with Crippen LogP contribution in [-0.4, -0.2) is 29.1 Å². The van der Waals surface area contributed by atoms with Gasteiger partial charge in [-0.15, -0.1) is 0 Å². The van der Waals surface area contributed by atoms with Gasteiger partial charge in [-0.05, 0) is 31.0 Å². The summed E-state index contributed by atoms with van der Waals surface area (Å²) in [5.74, 6) is -2.03. The van der Waals surface area contributed by atoms with Gasteiger partial charge in [0.1, 0.15) is 5.15 Å². The first kappa shape index (κ1) is 13.4. The molecule has 0 bridgehead atoms. The van der Waals surface area contributed by atoms with Crippen LogP contribution in [0.3, 0.4) is 0 Å². The molecule has 0 aliphatic heterocycles. The maximum Gasteiger partial charge on any atom is 0.323 e. The number of nitrogens with zero attached hydrogens (tertiary/aromatic N) is 1. The van der Waals surface area contributed by atoms with Crippen molar-refractivity contribution in [2.75, 3.05) is 7.11 Å². The summed E-state index contributed by atoms with van der Waals surface area (Å²) in [4.78, 5) is 26.5. The summed E-state index contributed by atoms with van der Waals surface area (Å²) < 4.78 is 4.51.